The van der Waals surface area contributed by atoms with Gasteiger partial charge in [0.2, 0.25) is 0 Å². The van der Waals surface area contributed by atoms with Crippen LogP contribution in [0, 0.1) is 0 Å². The highest BCUT2D eigenvalue weighted by atomic mass is 79.9. The van der Waals surface area contributed by atoms with Crippen LogP contribution >= 0.6 is 39.1 Å². The molecule has 0 atom stereocenters. The summed E-state index contributed by atoms with van der Waals surface area (Å²) >= 11 is 15.5. The maximum Gasteiger partial charge on any atom is 0.257 e. The number of nitrogens with one attached hydrogen (secondary N) is 1. The first kappa shape index (κ1) is 18.9. The molecule has 2 aromatic heterocycles. The number of rotatable bonds is 3. The molecule has 2 heterocycles. The Morgan fingerprint density at radius 3 is 2.54 bits per heavy atom. The summed E-state index contributed by atoms with van der Waals surface area (Å²) in [7, 11) is 0. The Balaban J connectivity index is 1.80. The van der Waals surface area contributed by atoms with Gasteiger partial charge in [0, 0.05) is 21.6 Å². The standard InChI is InChI=1S/C21H12BrCl2N3O/c22-13-6-8-20(25-11-13)27-21(28)15-10-19(12-5-7-16(23)17(24)9-12)26-18-4-2-1-3-14(15)18/h1-11H,(H,25,27,28). The Morgan fingerprint density at radius 1 is 0.964 bits per heavy atom. The average molecular weight is 473 g/mol. The molecule has 1 amide bonds. The van der Waals surface area contributed by atoms with Gasteiger partial charge >= 0.3 is 0 Å². The molecule has 1 N–H and O–H groups in total. The van der Waals surface area contributed by atoms with Crippen molar-refractivity contribution in [2.24, 2.45) is 0 Å². The van der Waals surface area contributed by atoms with Crippen LogP contribution in [0.3, 0.4) is 0 Å². The van der Waals surface area contributed by atoms with Crippen molar-refractivity contribution < 1.29 is 4.79 Å². The van der Waals surface area contributed by atoms with Crippen LogP contribution < -0.4 is 5.32 Å². The molecule has 0 bridgehead atoms. The lowest BCUT2D eigenvalue weighted by molar-refractivity contribution is 0.102. The lowest BCUT2D eigenvalue weighted by atomic mass is 10.0. The number of benzene rings is 2. The van der Waals surface area contributed by atoms with Crippen LogP contribution in [0.5, 0.6) is 0 Å². The molecule has 138 valence electrons. The number of carbonyl (C=O) groups is 1. The van der Waals surface area contributed by atoms with E-state index in [1.165, 1.54) is 0 Å². The van der Waals surface area contributed by atoms with E-state index in [9.17, 15) is 4.79 Å². The predicted octanol–water partition coefficient (Wildman–Crippen LogP) is 6.62. The van der Waals surface area contributed by atoms with E-state index in [0.717, 1.165) is 15.4 Å². The summed E-state index contributed by atoms with van der Waals surface area (Å²) in [6, 6.07) is 18.0. The van der Waals surface area contributed by atoms with E-state index in [1.807, 2.05) is 36.4 Å². The highest BCUT2D eigenvalue weighted by Gasteiger charge is 2.15. The summed E-state index contributed by atoms with van der Waals surface area (Å²) < 4.78 is 0.835. The Bertz CT molecular complexity index is 1200. The minimum Gasteiger partial charge on any atom is -0.307 e. The summed E-state index contributed by atoms with van der Waals surface area (Å²) in [5.41, 5.74) is 2.61. The number of halogens is 3. The number of aromatic nitrogens is 2. The topological polar surface area (TPSA) is 54.9 Å². The fourth-order valence-electron chi connectivity index (χ4n) is 2.80. The Kier molecular flexibility index (Phi) is 5.31. The largest absolute Gasteiger partial charge is 0.307 e. The number of amides is 1. The van der Waals surface area contributed by atoms with E-state index in [0.29, 0.717) is 32.6 Å². The molecule has 0 aliphatic carbocycles. The molecule has 0 aliphatic heterocycles. The SMILES string of the molecule is O=C(Nc1ccc(Br)cn1)c1cc(-c2ccc(Cl)c(Cl)c2)nc2ccccc12. The normalized spacial score (nSPS) is 10.8. The molecule has 28 heavy (non-hydrogen) atoms. The molecule has 0 unspecified atom stereocenters. The van der Waals surface area contributed by atoms with Gasteiger partial charge in [-0.3, -0.25) is 4.79 Å². The third kappa shape index (κ3) is 3.87. The first-order valence-electron chi connectivity index (χ1n) is 8.29. The Hall–Kier alpha value is -2.47. The van der Waals surface area contributed by atoms with Gasteiger partial charge in [0.05, 0.1) is 26.8 Å². The van der Waals surface area contributed by atoms with Crippen molar-refractivity contribution in [3.63, 3.8) is 0 Å². The predicted molar refractivity (Wildman–Crippen MR) is 117 cm³/mol. The number of fused-ring (bicyclic) bond motifs is 1. The molecule has 4 nitrogen and oxygen atoms in total. The van der Waals surface area contributed by atoms with Gasteiger partial charge in [-0.25, -0.2) is 9.97 Å². The first-order valence-corrected chi connectivity index (χ1v) is 9.84. The number of para-hydroxylation sites is 1. The monoisotopic (exact) mass is 471 g/mol. The van der Waals surface area contributed by atoms with Crippen LogP contribution in [0.15, 0.2) is 71.3 Å². The fraction of sp³-hybridized carbons (Fsp3) is 0. The summed E-state index contributed by atoms with van der Waals surface area (Å²) in [6.07, 6.45) is 1.63. The number of hydrogen-bond donors (Lipinski definition) is 1. The lowest BCUT2D eigenvalue weighted by Crippen LogP contribution is -2.14. The zero-order chi connectivity index (χ0) is 19.7. The molecular weight excluding hydrogens is 461 g/mol. The van der Waals surface area contributed by atoms with Crippen LogP contribution in [0.4, 0.5) is 5.82 Å². The summed E-state index contributed by atoms with van der Waals surface area (Å²) in [6.45, 7) is 0. The van der Waals surface area contributed by atoms with Crippen LogP contribution in [0.2, 0.25) is 10.0 Å². The van der Waals surface area contributed by atoms with Gasteiger partial charge in [-0.2, -0.15) is 0 Å². The smallest absolute Gasteiger partial charge is 0.257 e. The van der Waals surface area contributed by atoms with Crippen molar-refractivity contribution in [3.05, 3.63) is 86.9 Å². The van der Waals surface area contributed by atoms with E-state index >= 15 is 0 Å². The minimum absolute atomic E-state index is 0.269. The molecule has 0 saturated carbocycles. The second-order valence-corrected chi connectivity index (χ2v) is 7.75. The molecule has 4 rings (SSSR count). The van der Waals surface area contributed by atoms with E-state index in [2.05, 4.69) is 31.2 Å². The third-order valence-corrected chi connectivity index (χ3v) is 5.35. The number of hydrogen-bond acceptors (Lipinski definition) is 3. The molecule has 0 aliphatic rings. The number of pyridine rings is 2. The highest BCUT2D eigenvalue weighted by molar-refractivity contribution is 9.10. The van der Waals surface area contributed by atoms with E-state index in [-0.39, 0.29) is 5.91 Å². The molecule has 2 aromatic carbocycles. The van der Waals surface area contributed by atoms with Crippen molar-refractivity contribution in [1.29, 1.82) is 0 Å². The fourth-order valence-corrected chi connectivity index (χ4v) is 3.33. The van der Waals surface area contributed by atoms with Gasteiger partial charge in [-0.1, -0.05) is 47.5 Å². The van der Waals surface area contributed by atoms with Crippen molar-refractivity contribution in [2.45, 2.75) is 0 Å². The molecule has 4 aromatic rings. The number of carbonyl (C=O) groups excluding carboxylic acids is 1. The van der Waals surface area contributed by atoms with Gasteiger partial charge in [-0.15, -0.1) is 0 Å². The molecule has 7 heteroatoms. The Morgan fingerprint density at radius 2 is 1.79 bits per heavy atom. The van der Waals surface area contributed by atoms with Crippen LogP contribution in [0.25, 0.3) is 22.2 Å². The molecule has 0 fully saturated rings. The van der Waals surface area contributed by atoms with Crippen LogP contribution in [-0.2, 0) is 0 Å². The van der Waals surface area contributed by atoms with Crippen LogP contribution in [-0.4, -0.2) is 15.9 Å². The van der Waals surface area contributed by atoms with Gasteiger partial charge in [0.25, 0.3) is 5.91 Å². The molecule has 0 saturated heterocycles. The van der Waals surface area contributed by atoms with Gasteiger partial charge in [0.1, 0.15) is 5.82 Å². The van der Waals surface area contributed by atoms with Crippen molar-refractivity contribution in [1.82, 2.24) is 9.97 Å². The van der Waals surface area contributed by atoms with Crippen LogP contribution in [0.1, 0.15) is 10.4 Å². The van der Waals surface area contributed by atoms with Crippen molar-refractivity contribution >= 4 is 61.8 Å². The van der Waals surface area contributed by atoms with E-state index < -0.39 is 0 Å². The molecule has 0 spiro atoms. The average Bonchev–Trinajstić information content (AvgIpc) is 2.71. The zero-order valence-corrected chi connectivity index (χ0v) is 17.4. The first-order chi connectivity index (χ1) is 13.5. The van der Waals surface area contributed by atoms with E-state index in [1.54, 1.807) is 30.5 Å². The second-order valence-electron chi connectivity index (χ2n) is 6.02. The minimum atomic E-state index is -0.269. The quantitative estimate of drug-likeness (QED) is 0.364. The summed E-state index contributed by atoms with van der Waals surface area (Å²) in [5, 5.41) is 4.47. The van der Waals surface area contributed by atoms with Gasteiger partial charge in [-0.05, 0) is 52.3 Å². The summed E-state index contributed by atoms with van der Waals surface area (Å²) in [5.74, 6) is 0.194. The third-order valence-electron chi connectivity index (χ3n) is 4.15. The maximum atomic E-state index is 13.0. The lowest BCUT2D eigenvalue weighted by Gasteiger charge is -2.11. The van der Waals surface area contributed by atoms with Gasteiger partial charge < -0.3 is 5.32 Å². The highest BCUT2D eigenvalue weighted by Crippen LogP contribution is 2.30. The van der Waals surface area contributed by atoms with Crippen molar-refractivity contribution in [2.75, 3.05) is 5.32 Å². The van der Waals surface area contributed by atoms with Gasteiger partial charge in [0.15, 0.2) is 0 Å². The maximum absolute atomic E-state index is 13.0. The second kappa shape index (κ2) is 7.87. The van der Waals surface area contributed by atoms with E-state index in [4.69, 9.17) is 23.2 Å². The number of anilines is 1. The Labute approximate surface area is 179 Å². The zero-order valence-electron chi connectivity index (χ0n) is 14.3. The molecule has 0 radical (unpaired) electrons. The number of nitrogens with zero attached hydrogens (tertiary/aromatic N) is 2. The summed E-state index contributed by atoms with van der Waals surface area (Å²) in [4.78, 5) is 21.9. The molecular formula is C21H12BrCl2N3O. The van der Waals surface area contributed by atoms with Crippen molar-refractivity contribution in [3.8, 4) is 11.3 Å².